The monoisotopic (exact) mass is 271 g/mol. The Morgan fingerprint density at radius 3 is 2.30 bits per heavy atom. The van der Waals surface area contributed by atoms with Crippen molar-refractivity contribution >= 4 is 0 Å². The van der Waals surface area contributed by atoms with E-state index in [9.17, 15) is 5.11 Å². The molecule has 1 unspecified atom stereocenters. The second-order valence-electron chi connectivity index (χ2n) is 5.16. The highest BCUT2D eigenvalue weighted by atomic mass is 16.3. The molecule has 106 valence electrons. The van der Waals surface area contributed by atoms with Gasteiger partial charge in [-0.25, -0.2) is 0 Å². The Kier molecular flexibility index (Phi) is 4.77. The standard InChI is InChI=1S/C17H21NO2/c1-13(16-4-3-5-17(20)10-16)18(2)11-14-6-8-15(12-19)9-7-14/h3-10,13,19-20H,11-12H2,1-2H3. The SMILES string of the molecule is CC(c1cccc(O)c1)N(C)Cc1ccc(CO)cc1. The summed E-state index contributed by atoms with van der Waals surface area (Å²) in [6, 6.07) is 15.6. The summed E-state index contributed by atoms with van der Waals surface area (Å²) in [6.07, 6.45) is 0. The van der Waals surface area contributed by atoms with E-state index in [1.165, 1.54) is 5.56 Å². The van der Waals surface area contributed by atoms with E-state index in [1.807, 2.05) is 36.4 Å². The zero-order valence-electron chi connectivity index (χ0n) is 12.0. The molecular formula is C17H21NO2. The summed E-state index contributed by atoms with van der Waals surface area (Å²) in [7, 11) is 2.06. The van der Waals surface area contributed by atoms with E-state index in [2.05, 4.69) is 18.9 Å². The van der Waals surface area contributed by atoms with Crippen LogP contribution in [-0.4, -0.2) is 22.2 Å². The number of hydrogen-bond acceptors (Lipinski definition) is 3. The first kappa shape index (κ1) is 14.6. The summed E-state index contributed by atoms with van der Waals surface area (Å²) in [5.41, 5.74) is 3.23. The van der Waals surface area contributed by atoms with Gasteiger partial charge in [-0.3, -0.25) is 4.90 Å². The van der Waals surface area contributed by atoms with Crippen molar-refractivity contribution in [2.45, 2.75) is 26.1 Å². The van der Waals surface area contributed by atoms with Crippen molar-refractivity contribution in [3.8, 4) is 5.75 Å². The van der Waals surface area contributed by atoms with Crippen molar-refractivity contribution in [2.75, 3.05) is 7.05 Å². The molecule has 0 saturated heterocycles. The lowest BCUT2D eigenvalue weighted by Gasteiger charge is -2.25. The number of aliphatic hydroxyl groups is 1. The molecule has 2 N–H and O–H groups in total. The Morgan fingerprint density at radius 2 is 1.70 bits per heavy atom. The topological polar surface area (TPSA) is 43.7 Å². The van der Waals surface area contributed by atoms with Crippen LogP contribution in [0, 0.1) is 0 Å². The summed E-state index contributed by atoms with van der Waals surface area (Å²) in [5, 5.41) is 18.6. The molecule has 2 rings (SSSR count). The van der Waals surface area contributed by atoms with Gasteiger partial charge in [0.1, 0.15) is 5.75 Å². The Labute approximate surface area is 120 Å². The van der Waals surface area contributed by atoms with Crippen molar-refractivity contribution < 1.29 is 10.2 Å². The zero-order chi connectivity index (χ0) is 14.5. The molecule has 0 bridgehead atoms. The molecule has 0 heterocycles. The molecule has 0 saturated carbocycles. The number of benzene rings is 2. The van der Waals surface area contributed by atoms with Crippen molar-refractivity contribution in [1.82, 2.24) is 4.90 Å². The number of nitrogens with zero attached hydrogens (tertiary/aromatic N) is 1. The summed E-state index contributed by atoms with van der Waals surface area (Å²) in [5.74, 6) is 0.301. The minimum Gasteiger partial charge on any atom is -0.508 e. The highest BCUT2D eigenvalue weighted by molar-refractivity contribution is 5.29. The average Bonchev–Trinajstić information content (AvgIpc) is 2.47. The van der Waals surface area contributed by atoms with Gasteiger partial charge in [0.2, 0.25) is 0 Å². The fourth-order valence-corrected chi connectivity index (χ4v) is 2.21. The molecule has 0 amide bonds. The molecule has 1 atom stereocenters. The van der Waals surface area contributed by atoms with Gasteiger partial charge < -0.3 is 10.2 Å². The van der Waals surface area contributed by atoms with Crippen molar-refractivity contribution in [1.29, 1.82) is 0 Å². The van der Waals surface area contributed by atoms with Gasteiger partial charge in [0, 0.05) is 12.6 Å². The van der Waals surface area contributed by atoms with E-state index in [1.54, 1.807) is 12.1 Å². The molecule has 20 heavy (non-hydrogen) atoms. The Morgan fingerprint density at radius 1 is 1.05 bits per heavy atom. The van der Waals surface area contributed by atoms with Crippen LogP contribution in [0.3, 0.4) is 0 Å². The number of aliphatic hydroxyl groups excluding tert-OH is 1. The predicted molar refractivity (Wildman–Crippen MR) is 80.4 cm³/mol. The summed E-state index contributed by atoms with van der Waals surface area (Å²) < 4.78 is 0. The average molecular weight is 271 g/mol. The van der Waals surface area contributed by atoms with Crippen molar-refractivity contribution in [3.05, 3.63) is 65.2 Å². The highest BCUT2D eigenvalue weighted by Crippen LogP contribution is 2.23. The second-order valence-corrected chi connectivity index (χ2v) is 5.16. The molecule has 2 aromatic carbocycles. The van der Waals surface area contributed by atoms with Gasteiger partial charge in [-0.2, -0.15) is 0 Å². The minimum absolute atomic E-state index is 0.0792. The molecule has 2 aromatic rings. The fraction of sp³-hybridized carbons (Fsp3) is 0.294. The van der Waals surface area contributed by atoms with Crippen LogP contribution in [0.15, 0.2) is 48.5 Å². The molecule has 0 spiro atoms. The number of aromatic hydroxyl groups is 1. The smallest absolute Gasteiger partial charge is 0.115 e. The molecule has 0 fully saturated rings. The Hall–Kier alpha value is -1.84. The van der Waals surface area contributed by atoms with Crippen LogP contribution in [0.1, 0.15) is 29.7 Å². The first-order valence-corrected chi connectivity index (χ1v) is 6.78. The van der Waals surface area contributed by atoms with Crippen molar-refractivity contribution in [2.24, 2.45) is 0 Å². The zero-order valence-corrected chi connectivity index (χ0v) is 12.0. The maximum atomic E-state index is 9.55. The third kappa shape index (κ3) is 3.59. The lowest BCUT2D eigenvalue weighted by molar-refractivity contribution is 0.252. The maximum absolute atomic E-state index is 9.55. The van der Waals surface area contributed by atoms with Crippen LogP contribution < -0.4 is 0 Å². The number of phenolic OH excluding ortho intramolecular Hbond substituents is 1. The van der Waals surface area contributed by atoms with E-state index < -0.39 is 0 Å². The first-order chi connectivity index (χ1) is 9.60. The molecular weight excluding hydrogens is 250 g/mol. The largest absolute Gasteiger partial charge is 0.508 e. The van der Waals surface area contributed by atoms with Gasteiger partial charge in [-0.1, -0.05) is 36.4 Å². The molecule has 0 aromatic heterocycles. The fourth-order valence-electron chi connectivity index (χ4n) is 2.21. The van der Waals surface area contributed by atoms with E-state index in [0.717, 1.165) is 17.7 Å². The minimum atomic E-state index is 0.0792. The quantitative estimate of drug-likeness (QED) is 0.878. The van der Waals surface area contributed by atoms with Crippen LogP contribution in [0.5, 0.6) is 5.75 Å². The number of hydrogen-bond donors (Lipinski definition) is 2. The number of phenols is 1. The lowest BCUT2D eigenvalue weighted by Crippen LogP contribution is -2.21. The molecule has 3 nitrogen and oxygen atoms in total. The predicted octanol–water partition coefficient (Wildman–Crippen LogP) is 3.08. The molecule has 0 aliphatic carbocycles. The lowest BCUT2D eigenvalue weighted by atomic mass is 10.1. The normalized spacial score (nSPS) is 12.6. The van der Waals surface area contributed by atoms with Gasteiger partial charge in [0.15, 0.2) is 0 Å². The molecule has 0 aliphatic rings. The molecule has 3 heteroatoms. The first-order valence-electron chi connectivity index (χ1n) is 6.78. The van der Waals surface area contributed by atoms with E-state index >= 15 is 0 Å². The third-order valence-electron chi connectivity index (χ3n) is 3.65. The van der Waals surface area contributed by atoms with Crippen molar-refractivity contribution in [3.63, 3.8) is 0 Å². The number of rotatable bonds is 5. The van der Waals surface area contributed by atoms with Crippen LogP contribution in [0.25, 0.3) is 0 Å². The van der Waals surface area contributed by atoms with Gasteiger partial charge in [0.05, 0.1) is 6.61 Å². The summed E-state index contributed by atoms with van der Waals surface area (Å²) in [6.45, 7) is 3.02. The van der Waals surface area contributed by atoms with Crippen LogP contribution in [-0.2, 0) is 13.2 Å². The third-order valence-corrected chi connectivity index (χ3v) is 3.65. The summed E-state index contributed by atoms with van der Waals surface area (Å²) >= 11 is 0. The van der Waals surface area contributed by atoms with Gasteiger partial charge in [0.25, 0.3) is 0 Å². The van der Waals surface area contributed by atoms with Gasteiger partial charge >= 0.3 is 0 Å². The van der Waals surface area contributed by atoms with Crippen LogP contribution in [0.2, 0.25) is 0 Å². The van der Waals surface area contributed by atoms with Crippen LogP contribution in [0.4, 0.5) is 0 Å². The van der Waals surface area contributed by atoms with E-state index in [0.29, 0.717) is 5.75 Å². The summed E-state index contributed by atoms with van der Waals surface area (Å²) in [4.78, 5) is 2.22. The van der Waals surface area contributed by atoms with Gasteiger partial charge in [-0.05, 0) is 42.8 Å². The Bertz CT molecular complexity index is 551. The molecule has 0 radical (unpaired) electrons. The van der Waals surface area contributed by atoms with E-state index in [-0.39, 0.29) is 12.6 Å². The molecule has 0 aliphatic heterocycles. The highest BCUT2D eigenvalue weighted by Gasteiger charge is 2.12. The van der Waals surface area contributed by atoms with E-state index in [4.69, 9.17) is 5.11 Å². The maximum Gasteiger partial charge on any atom is 0.115 e. The Balaban J connectivity index is 2.04. The van der Waals surface area contributed by atoms with Gasteiger partial charge in [-0.15, -0.1) is 0 Å². The van der Waals surface area contributed by atoms with Crippen LogP contribution >= 0.6 is 0 Å². The second kappa shape index (κ2) is 6.55.